The van der Waals surface area contributed by atoms with Crippen LogP contribution in [0.1, 0.15) is 59.5 Å². The van der Waals surface area contributed by atoms with Crippen molar-refractivity contribution in [3.8, 4) is 0 Å². The van der Waals surface area contributed by atoms with Crippen LogP contribution >= 0.6 is 0 Å². The summed E-state index contributed by atoms with van der Waals surface area (Å²) in [5, 5.41) is 0. The fourth-order valence-electron chi connectivity index (χ4n) is 4.97. The summed E-state index contributed by atoms with van der Waals surface area (Å²) in [7, 11) is 1.38. The first-order valence-electron chi connectivity index (χ1n) is 11.4. The summed E-state index contributed by atoms with van der Waals surface area (Å²) in [4.78, 5) is 29.0. The molecule has 5 nitrogen and oxygen atoms in total. The van der Waals surface area contributed by atoms with Crippen LogP contribution in [-0.4, -0.2) is 54.5 Å². The van der Waals surface area contributed by atoms with E-state index in [-0.39, 0.29) is 11.9 Å². The summed E-state index contributed by atoms with van der Waals surface area (Å²) >= 11 is 0. The topological polar surface area (TPSA) is 49.9 Å². The van der Waals surface area contributed by atoms with Gasteiger partial charge in [0.1, 0.15) is 0 Å². The Morgan fingerprint density at radius 1 is 1.00 bits per heavy atom. The second-order valence-electron chi connectivity index (χ2n) is 8.73. The maximum Gasteiger partial charge on any atom is 0.337 e. The van der Waals surface area contributed by atoms with E-state index in [1.54, 1.807) is 12.1 Å². The summed E-state index contributed by atoms with van der Waals surface area (Å²) in [6.07, 6.45) is 5.04. The van der Waals surface area contributed by atoms with Crippen LogP contribution in [0.15, 0.2) is 54.6 Å². The predicted molar refractivity (Wildman–Crippen MR) is 121 cm³/mol. The summed E-state index contributed by atoms with van der Waals surface area (Å²) < 4.78 is 4.76. The highest BCUT2D eigenvalue weighted by molar-refractivity contribution is 5.89. The van der Waals surface area contributed by atoms with E-state index in [4.69, 9.17) is 4.74 Å². The number of hydrogen-bond acceptors (Lipinski definition) is 4. The van der Waals surface area contributed by atoms with Gasteiger partial charge in [-0.3, -0.25) is 9.69 Å². The number of rotatable bonds is 5. The predicted octanol–water partition coefficient (Wildman–Crippen LogP) is 4.23. The zero-order valence-electron chi connectivity index (χ0n) is 18.3. The Bertz CT molecular complexity index is 881. The van der Waals surface area contributed by atoms with Gasteiger partial charge in [0, 0.05) is 32.1 Å². The van der Waals surface area contributed by atoms with Crippen molar-refractivity contribution in [2.45, 2.75) is 50.6 Å². The SMILES string of the molecule is COC(=O)c1ccc(CN2CC[C@@H](N3CCC[C@@H](c4ccccc4)C3)CCC2=O)cc1. The summed E-state index contributed by atoms with van der Waals surface area (Å²) in [5.74, 6) is 0.491. The molecule has 0 N–H and O–H groups in total. The highest BCUT2D eigenvalue weighted by Gasteiger charge is 2.30. The third kappa shape index (κ3) is 5.34. The Morgan fingerprint density at radius 3 is 2.52 bits per heavy atom. The molecule has 0 saturated carbocycles. The minimum absolute atomic E-state index is 0.233. The Hall–Kier alpha value is -2.66. The second-order valence-corrected chi connectivity index (χ2v) is 8.73. The summed E-state index contributed by atoms with van der Waals surface area (Å²) in [6.45, 7) is 3.61. The van der Waals surface area contributed by atoms with Gasteiger partial charge in [0.25, 0.3) is 0 Å². The quantitative estimate of drug-likeness (QED) is 0.679. The third-order valence-electron chi connectivity index (χ3n) is 6.77. The van der Waals surface area contributed by atoms with E-state index < -0.39 is 0 Å². The highest BCUT2D eigenvalue weighted by atomic mass is 16.5. The first-order valence-corrected chi connectivity index (χ1v) is 11.4. The molecule has 0 spiro atoms. The van der Waals surface area contributed by atoms with Crippen LogP contribution in [0, 0.1) is 0 Å². The molecule has 2 heterocycles. The molecule has 2 atom stereocenters. The van der Waals surface area contributed by atoms with Gasteiger partial charge in [-0.25, -0.2) is 4.79 Å². The van der Waals surface area contributed by atoms with Crippen molar-refractivity contribution in [1.29, 1.82) is 0 Å². The molecule has 2 aliphatic heterocycles. The van der Waals surface area contributed by atoms with Gasteiger partial charge in [0.05, 0.1) is 12.7 Å². The average molecular weight is 421 g/mol. The van der Waals surface area contributed by atoms with Gasteiger partial charge >= 0.3 is 5.97 Å². The average Bonchev–Trinajstić information content (AvgIpc) is 3.01. The Labute approximate surface area is 185 Å². The largest absolute Gasteiger partial charge is 0.465 e. The normalized spacial score (nSPS) is 22.7. The minimum atomic E-state index is -0.337. The molecule has 4 rings (SSSR count). The van der Waals surface area contributed by atoms with Gasteiger partial charge in [-0.2, -0.15) is 0 Å². The molecular weight excluding hydrogens is 388 g/mol. The summed E-state index contributed by atoms with van der Waals surface area (Å²) in [6, 6.07) is 18.7. The van der Waals surface area contributed by atoms with E-state index in [9.17, 15) is 9.59 Å². The highest BCUT2D eigenvalue weighted by Crippen LogP contribution is 2.30. The van der Waals surface area contributed by atoms with E-state index in [0.29, 0.717) is 30.5 Å². The number of piperidine rings is 1. The molecular formula is C26H32N2O3. The first-order chi connectivity index (χ1) is 15.1. The Balaban J connectivity index is 1.35. The van der Waals surface area contributed by atoms with Crippen molar-refractivity contribution in [3.05, 3.63) is 71.3 Å². The molecule has 1 amide bonds. The van der Waals surface area contributed by atoms with Crippen molar-refractivity contribution in [3.63, 3.8) is 0 Å². The van der Waals surface area contributed by atoms with Gasteiger partial charge < -0.3 is 9.64 Å². The molecule has 0 unspecified atom stereocenters. The standard InChI is InChI=1S/C26H32N2O3/c1-31-26(30)22-11-9-20(10-12-22)18-28-17-15-24(13-14-25(28)29)27-16-5-8-23(19-27)21-6-3-2-4-7-21/h2-4,6-7,9-12,23-24H,5,8,13-19H2,1H3/t23-,24+/m1/s1. The molecule has 2 aliphatic rings. The first kappa shape index (κ1) is 21.6. The van der Waals surface area contributed by atoms with Crippen molar-refractivity contribution in [2.24, 2.45) is 0 Å². The number of esters is 1. The minimum Gasteiger partial charge on any atom is -0.465 e. The van der Waals surface area contributed by atoms with E-state index in [0.717, 1.165) is 38.0 Å². The van der Waals surface area contributed by atoms with E-state index in [2.05, 4.69) is 35.2 Å². The molecule has 0 bridgehead atoms. The van der Waals surface area contributed by atoms with Crippen LogP contribution < -0.4 is 0 Å². The van der Waals surface area contributed by atoms with Crippen LogP contribution in [-0.2, 0) is 16.1 Å². The van der Waals surface area contributed by atoms with Gasteiger partial charge in [0.2, 0.25) is 5.91 Å². The van der Waals surface area contributed by atoms with Gasteiger partial charge in [-0.1, -0.05) is 42.5 Å². The lowest BCUT2D eigenvalue weighted by molar-refractivity contribution is -0.131. The summed E-state index contributed by atoms with van der Waals surface area (Å²) in [5.41, 5.74) is 3.02. The number of amides is 1. The van der Waals surface area contributed by atoms with Crippen molar-refractivity contribution in [1.82, 2.24) is 9.80 Å². The van der Waals surface area contributed by atoms with Crippen LogP contribution in [0.4, 0.5) is 0 Å². The third-order valence-corrected chi connectivity index (χ3v) is 6.77. The maximum atomic E-state index is 12.8. The molecule has 2 saturated heterocycles. The van der Waals surface area contributed by atoms with Crippen molar-refractivity contribution in [2.75, 3.05) is 26.7 Å². The lowest BCUT2D eigenvalue weighted by Crippen LogP contribution is -2.42. The second kappa shape index (κ2) is 10.1. The van der Waals surface area contributed by atoms with Crippen LogP contribution in [0.5, 0.6) is 0 Å². The molecule has 31 heavy (non-hydrogen) atoms. The van der Waals surface area contributed by atoms with Crippen molar-refractivity contribution >= 4 is 11.9 Å². The Kier molecular flexibility index (Phi) is 7.03. The van der Waals surface area contributed by atoms with E-state index in [1.165, 1.54) is 25.5 Å². The monoisotopic (exact) mass is 420 g/mol. The van der Waals surface area contributed by atoms with E-state index in [1.807, 2.05) is 17.0 Å². The number of hydrogen-bond donors (Lipinski definition) is 0. The fourth-order valence-corrected chi connectivity index (χ4v) is 4.97. The fraction of sp³-hybridized carbons (Fsp3) is 0.462. The number of methoxy groups -OCH3 is 1. The maximum absolute atomic E-state index is 12.8. The smallest absolute Gasteiger partial charge is 0.337 e. The van der Waals surface area contributed by atoms with Gasteiger partial charge in [0.15, 0.2) is 0 Å². The van der Waals surface area contributed by atoms with Crippen LogP contribution in [0.2, 0.25) is 0 Å². The lowest BCUT2D eigenvalue weighted by Gasteiger charge is -2.38. The molecule has 0 aliphatic carbocycles. The zero-order chi connectivity index (χ0) is 21.6. The Morgan fingerprint density at radius 2 is 1.77 bits per heavy atom. The van der Waals surface area contributed by atoms with Gasteiger partial charge in [-0.15, -0.1) is 0 Å². The zero-order valence-corrected chi connectivity index (χ0v) is 18.3. The molecule has 0 radical (unpaired) electrons. The van der Waals surface area contributed by atoms with Gasteiger partial charge in [-0.05, 0) is 61.4 Å². The molecule has 2 aromatic carbocycles. The number of likely N-dealkylation sites (tertiary alicyclic amines) is 2. The number of nitrogens with zero attached hydrogens (tertiary/aromatic N) is 2. The number of carbonyl (C=O) groups is 2. The van der Waals surface area contributed by atoms with E-state index >= 15 is 0 Å². The molecule has 2 fully saturated rings. The number of ether oxygens (including phenoxy) is 1. The molecule has 5 heteroatoms. The van der Waals surface area contributed by atoms with Crippen LogP contribution in [0.25, 0.3) is 0 Å². The molecule has 164 valence electrons. The van der Waals surface area contributed by atoms with Crippen molar-refractivity contribution < 1.29 is 14.3 Å². The molecule has 2 aromatic rings. The van der Waals surface area contributed by atoms with Crippen LogP contribution in [0.3, 0.4) is 0 Å². The number of benzene rings is 2. The molecule has 0 aromatic heterocycles. The lowest BCUT2D eigenvalue weighted by atomic mass is 9.89. The number of carbonyl (C=O) groups excluding carboxylic acids is 2.